The quantitative estimate of drug-likeness (QED) is 0.733. The molecule has 3 aromatic rings. The third-order valence-corrected chi connectivity index (χ3v) is 3.81. The van der Waals surface area contributed by atoms with Crippen molar-refractivity contribution in [3.63, 3.8) is 0 Å². The first-order valence-corrected chi connectivity index (χ1v) is 7.37. The molecular weight excluding hydrogens is 296 g/mol. The summed E-state index contributed by atoms with van der Waals surface area (Å²) >= 11 is 0. The topological polar surface area (TPSA) is 68.9 Å². The predicted octanol–water partition coefficient (Wildman–Crippen LogP) is 3.53. The second-order valence-electron chi connectivity index (χ2n) is 5.37. The minimum absolute atomic E-state index is 0.0895. The van der Waals surface area contributed by atoms with E-state index in [1.165, 1.54) is 18.4 Å². The van der Waals surface area contributed by atoms with Gasteiger partial charge in [0, 0.05) is 17.4 Å². The molecule has 0 aliphatic carbocycles. The van der Waals surface area contributed by atoms with Gasteiger partial charge in [0.2, 0.25) is 0 Å². The van der Waals surface area contributed by atoms with Gasteiger partial charge in [-0.3, -0.25) is 4.79 Å². The van der Waals surface area contributed by atoms with Gasteiger partial charge in [0.05, 0.1) is 18.8 Å². The number of hydrogen-bond donors (Lipinski definition) is 1. The van der Waals surface area contributed by atoms with Crippen LogP contribution < -0.4 is 9.47 Å². The van der Waals surface area contributed by atoms with Gasteiger partial charge >= 0.3 is 0 Å². The molecular formula is C18H14O5. The number of ether oxygens (including phenoxy) is 2. The average molecular weight is 310 g/mol. The van der Waals surface area contributed by atoms with E-state index in [1.807, 2.05) is 0 Å². The molecule has 0 bridgehead atoms. The number of furan rings is 1. The van der Waals surface area contributed by atoms with E-state index < -0.39 is 0 Å². The molecule has 0 spiro atoms. The van der Waals surface area contributed by atoms with Crippen LogP contribution >= 0.6 is 0 Å². The zero-order valence-corrected chi connectivity index (χ0v) is 12.2. The summed E-state index contributed by atoms with van der Waals surface area (Å²) in [6.45, 7) is 1.17. The molecule has 5 nitrogen and oxygen atoms in total. The number of ketones is 1. The number of fused-ring (bicyclic) bond motifs is 2. The summed E-state index contributed by atoms with van der Waals surface area (Å²) in [5.74, 6) is 1.12. The number of benzene rings is 2. The van der Waals surface area contributed by atoms with Gasteiger partial charge in [-0.15, -0.1) is 0 Å². The molecule has 0 saturated carbocycles. The molecule has 1 aromatic heterocycles. The molecule has 2 aromatic carbocycles. The Morgan fingerprint density at radius 2 is 1.83 bits per heavy atom. The highest BCUT2D eigenvalue weighted by Gasteiger charge is 2.19. The minimum atomic E-state index is -0.190. The summed E-state index contributed by atoms with van der Waals surface area (Å²) < 4.78 is 16.6. The van der Waals surface area contributed by atoms with Crippen molar-refractivity contribution in [2.24, 2.45) is 0 Å². The molecule has 23 heavy (non-hydrogen) atoms. The van der Waals surface area contributed by atoms with E-state index in [9.17, 15) is 9.90 Å². The zero-order valence-electron chi connectivity index (χ0n) is 12.2. The monoisotopic (exact) mass is 310 g/mol. The van der Waals surface area contributed by atoms with Gasteiger partial charge in [-0.25, -0.2) is 0 Å². The first-order valence-electron chi connectivity index (χ1n) is 7.37. The van der Waals surface area contributed by atoms with Crippen LogP contribution in [0.3, 0.4) is 0 Å². The highest BCUT2D eigenvalue weighted by atomic mass is 16.5. The Balaban J connectivity index is 1.76. The lowest BCUT2D eigenvalue weighted by Crippen LogP contribution is -2.01. The molecule has 4 rings (SSSR count). The van der Waals surface area contributed by atoms with Gasteiger partial charge in [-0.1, -0.05) is 0 Å². The molecule has 0 radical (unpaired) electrons. The van der Waals surface area contributed by atoms with Crippen molar-refractivity contribution in [2.45, 2.75) is 6.42 Å². The Bertz CT molecular complexity index is 894. The molecule has 0 amide bonds. The Morgan fingerprint density at radius 3 is 2.70 bits per heavy atom. The molecule has 1 N–H and O–H groups in total. The number of carbonyl (C=O) groups excluding carboxylic acids is 1. The van der Waals surface area contributed by atoms with Gasteiger partial charge in [0.25, 0.3) is 0 Å². The minimum Gasteiger partial charge on any atom is -0.508 e. The average Bonchev–Trinajstić information content (AvgIpc) is 2.83. The van der Waals surface area contributed by atoms with Crippen LogP contribution in [0.5, 0.6) is 17.2 Å². The van der Waals surface area contributed by atoms with Gasteiger partial charge < -0.3 is 19.0 Å². The third kappa shape index (κ3) is 2.40. The van der Waals surface area contributed by atoms with Crippen molar-refractivity contribution in [1.29, 1.82) is 0 Å². The van der Waals surface area contributed by atoms with Crippen LogP contribution in [0, 0.1) is 0 Å². The Hall–Kier alpha value is -2.95. The molecule has 0 atom stereocenters. The van der Waals surface area contributed by atoms with Gasteiger partial charge in [-0.05, 0) is 36.4 Å². The SMILES string of the molecule is O=C(c1ccc2c(c1)OCCCO2)c1coc2ccc(O)cc12. The summed E-state index contributed by atoms with van der Waals surface area (Å²) in [6.07, 6.45) is 2.22. The van der Waals surface area contributed by atoms with Gasteiger partial charge in [0.1, 0.15) is 17.6 Å². The van der Waals surface area contributed by atoms with Crippen molar-refractivity contribution in [3.05, 3.63) is 53.8 Å². The van der Waals surface area contributed by atoms with Crippen LogP contribution in [0.15, 0.2) is 47.1 Å². The van der Waals surface area contributed by atoms with Crippen LogP contribution in [-0.4, -0.2) is 24.1 Å². The lowest BCUT2D eigenvalue weighted by atomic mass is 10.0. The van der Waals surface area contributed by atoms with E-state index in [0.717, 1.165) is 6.42 Å². The van der Waals surface area contributed by atoms with Crippen molar-refractivity contribution >= 4 is 16.8 Å². The van der Waals surface area contributed by atoms with E-state index in [1.54, 1.807) is 24.3 Å². The number of aromatic hydroxyl groups is 1. The van der Waals surface area contributed by atoms with E-state index in [-0.39, 0.29) is 11.5 Å². The number of carbonyl (C=O) groups is 1. The second-order valence-corrected chi connectivity index (χ2v) is 5.37. The van der Waals surface area contributed by atoms with E-state index in [4.69, 9.17) is 13.9 Å². The van der Waals surface area contributed by atoms with Crippen LogP contribution in [0.4, 0.5) is 0 Å². The Kier molecular flexibility index (Phi) is 3.19. The number of phenolic OH excluding ortho intramolecular Hbond substituents is 1. The van der Waals surface area contributed by atoms with Crippen LogP contribution in [-0.2, 0) is 0 Å². The molecule has 1 aliphatic rings. The number of phenols is 1. The largest absolute Gasteiger partial charge is 0.508 e. The molecule has 5 heteroatoms. The lowest BCUT2D eigenvalue weighted by molar-refractivity contribution is 0.103. The Labute approximate surface area is 132 Å². The van der Waals surface area contributed by atoms with Gasteiger partial charge in [-0.2, -0.15) is 0 Å². The summed E-state index contributed by atoms with van der Waals surface area (Å²) in [4.78, 5) is 12.8. The maximum absolute atomic E-state index is 12.8. The summed E-state index contributed by atoms with van der Waals surface area (Å²) in [6, 6.07) is 9.81. The fourth-order valence-corrected chi connectivity index (χ4v) is 2.65. The van der Waals surface area contributed by atoms with E-state index >= 15 is 0 Å². The molecule has 0 fully saturated rings. The van der Waals surface area contributed by atoms with Crippen molar-refractivity contribution in [2.75, 3.05) is 13.2 Å². The molecule has 0 saturated heterocycles. The molecule has 1 aliphatic heterocycles. The lowest BCUT2D eigenvalue weighted by Gasteiger charge is -2.08. The van der Waals surface area contributed by atoms with Crippen molar-refractivity contribution in [3.8, 4) is 17.2 Å². The fourth-order valence-electron chi connectivity index (χ4n) is 2.65. The van der Waals surface area contributed by atoms with E-state index in [0.29, 0.717) is 46.8 Å². The molecule has 0 unspecified atom stereocenters. The van der Waals surface area contributed by atoms with Gasteiger partial charge in [0.15, 0.2) is 17.3 Å². The first kappa shape index (κ1) is 13.7. The van der Waals surface area contributed by atoms with E-state index in [2.05, 4.69) is 0 Å². The maximum atomic E-state index is 12.8. The maximum Gasteiger partial charge on any atom is 0.197 e. The highest BCUT2D eigenvalue weighted by molar-refractivity contribution is 6.16. The van der Waals surface area contributed by atoms with Crippen LogP contribution in [0.2, 0.25) is 0 Å². The number of rotatable bonds is 2. The van der Waals surface area contributed by atoms with Crippen LogP contribution in [0.1, 0.15) is 22.3 Å². The Morgan fingerprint density at radius 1 is 1.00 bits per heavy atom. The molecule has 2 heterocycles. The normalized spacial score (nSPS) is 13.7. The fraction of sp³-hybridized carbons (Fsp3) is 0.167. The third-order valence-electron chi connectivity index (χ3n) is 3.81. The molecule has 116 valence electrons. The summed E-state index contributed by atoms with van der Waals surface area (Å²) in [5, 5.41) is 10.2. The summed E-state index contributed by atoms with van der Waals surface area (Å²) in [5.41, 5.74) is 1.45. The first-order chi connectivity index (χ1) is 11.2. The summed E-state index contributed by atoms with van der Waals surface area (Å²) in [7, 11) is 0. The van der Waals surface area contributed by atoms with Crippen LogP contribution in [0.25, 0.3) is 11.0 Å². The standard InChI is InChI=1S/C18H14O5/c19-12-3-5-15-13(9-12)14(10-23-15)18(20)11-2-4-16-17(8-11)22-7-1-6-21-16/h2-5,8-10,19H,1,6-7H2. The second kappa shape index (κ2) is 5.35. The highest BCUT2D eigenvalue weighted by Crippen LogP contribution is 2.32. The van der Waals surface area contributed by atoms with Crippen molar-refractivity contribution in [1.82, 2.24) is 0 Å². The smallest absolute Gasteiger partial charge is 0.197 e. The zero-order chi connectivity index (χ0) is 15.8. The van der Waals surface area contributed by atoms with Crippen molar-refractivity contribution < 1.29 is 23.8 Å². The predicted molar refractivity (Wildman–Crippen MR) is 83.4 cm³/mol. The number of hydrogen-bond acceptors (Lipinski definition) is 5.